The molecular weight excluding hydrogens is 202 g/mol. The molecule has 1 saturated heterocycles. The van der Waals surface area contributed by atoms with Gasteiger partial charge in [-0.05, 0) is 31.2 Å². The Morgan fingerprint density at radius 1 is 1.38 bits per heavy atom. The molecular formula is C13H17NO2. The third-order valence-electron chi connectivity index (χ3n) is 3.98. The van der Waals surface area contributed by atoms with Gasteiger partial charge >= 0.3 is 0 Å². The van der Waals surface area contributed by atoms with Crippen LogP contribution in [0.5, 0.6) is 0 Å². The summed E-state index contributed by atoms with van der Waals surface area (Å²) in [4.78, 5) is 12.1. The molecule has 0 amide bonds. The fourth-order valence-corrected chi connectivity index (χ4v) is 3.13. The minimum Gasteiger partial charge on any atom is -0.472 e. The minimum atomic E-state index is 0.0192. The Morgan fingerprint density at radius 3 is 3.00 bits per heavy atom. The van der Waals surface area contributed by atoms with Crippen LogP contribution in [0.3, 0.4) is 0 Å². The van der Waals surface area contributed by atoms with Crippen LogP contribution in [0.25, 0.3) is 0 Å². The molecule has 3 heteroatoms. The van der Waals surface area contributed by atoms with E-state index in [0.717, 1.165) is 12.3 Å². The number of furan rings is 1. The molecule has 2 aliphatic rings. The summed E-state index contributed by atoms with van der Waals surface area (Å²) in [7, 11) is 0. The first-order valence-corrected chi connectivity index (χ1v) is 6.17. The van der Waals surface area contributed by atoms with E-state index in [1.165, 1.54) is 25.7 Å². The lowest BCUT2D eigenvalue weighted by atomic mass is 9.84. The van der Waals surface area contributed by atoms with E-state index in [1.54, 1.807) is 18.6 Å². The van der Waals surface area contributed by atoms with Crippen LogP contribution < -0.4 is 5.32 Å². The molecule has 2 fully saturated rings. The summed E-state index contributed by atoms with van der Waals surface area (Å²) in [6.45, 7) is 0. The summed E-state index contributed by atoms with van der Waals surface area (Å²) in [5.74, 6) is 0.915. The Labute approximate surface area is 95.2 Å². The van der Waals surface area contributed by atoms with Crippen molar-refractivity contribution in [1.29, 1.82) is 0 Å². The van der Waals surface area contributed by atoms with Crippen molar-refractivity contribution >= 4 is 5.78 Å². The van der Waals surface area contributed by atoms with E-state index in [9.17, 15) is 4.79 Å². The zero-order valence-corrected chi connectivity index (χ0v) is 9.32. The molecule has 0 spiro atoms. The Hall–Kier alpha value is -1.09. The van der Waals surface area contributed by atoms with Gasteiger partial charge in [-0.2, -0.15) is 0 Å². The highest BCUT2D eigenvalue weighted by Gasteiger charge is 2.38. The molecule has 3 atom stereocenters. The lowest BCUT2D eigenvalue weighted by Gasteiger charge is -2.24. The van der Waals surface area contributed by atoms with Gasteiger partial charge in [-0.25, -0.2) is 0 Å². The number of carbonyl (C=O) groups is 1. The van der Waals surface area contributed by atoms with E-state index in [2.05, 4.69) is 5.32 Å². The van der Waals surface area contributed by atoms with E-state index >= 15 is 0 Å². The van der Waals surface area contributed by atoms with Crippen molar-refractivity contribution in [3.8, 4) is 0 Å². The van der Waals surface area contributed by atoms with E-state index < -0.39 is 0 Å². The predicted molar refractivity (Wildman–Crippen MR) is 60.3 cm³/mol. The maximum Gasteiger partial charge on any atom is 0.182 e. The number of carbonyl (C=O) groups excluding carboxylic acids is 1. The quantitative estimate of drug-likeness (QED) is 0.776. The van der Waals surface area contributed by atoms with E-state index in [0.29, 0.717) is 11.6 Å². The van der Waals surface area contributed by atoms with Crippen LogP contribution in [0.4, 0.5) is 0 Å². The highest BCUT2D eigenvalue weighted by Crippen LogP contribution is 2.34. The molecule has 2 heterocycles. The normalized spacial score (nSPS) is 33.6. The van der Waals surface area contributed by atoms with Crippen LogP contribution >= 0.6 is 0 Å². The standard InChI is InChI=1S/C13H17NO2/c15-13(10-5-6-16-8-10)12-7-9-3-1-2-4-11(9)14-12/h5-6,8-9,11-12,14H,1-4,7H2. The van der Waals surface area contributed by atoms with Crippen LogP contribution in [0.1, 0.15) is 42.5 Å². The molecule has 3 rings (SSSR count). The van der Waals surface area contributed by atoms with Crippen molar-refractivity contribution < 1.29 is 9.21 Å². The number of hydrogen-bond donors (Lipinski definition) is 1. The molecule has 1 saturated carbocycles. The Bertz CT molecular complexity index is 357. The van der Waals surface area contributed by atoms with E-state index in [1.807, 2.05) is 0 Å². The third kappa shape index (κ3) is 1.69. The molecule has 3 unspecified atom stereocenters. The molecule has 86 valence electrons. The second-order valence-electron chi connectivity index (χ2n) is 4.98. The SMILES string of the molecule is O=C(c1ccoc1)C1CC2CCCCC2N1. The van der Waals surface area contributed by atoms with Crippen LogP contribution in [0, 0.1) is 5.92 Å². The van der Waals surface area contributed by atoms with Gasteiger partial charge in [-0.1, -0.05) is 12.8 Å². The number of nitrogens with one attached hydrogen (secondary N) is 1. The van der Waals surface area contributed by atoms with Crippen LogP contribution in [0.15, 0.2) is 23.0 Å². The zero-order chi connectivity index (χ0) is 11.0. The highest BCUT2D eigenvalue weighted by atomic mass is 16.3. The van der Waals surface area contributed by atoms with Gasteiger partial charge in [-0.15, -0.1) is 0 Å². The first kappa shape index (κ1) is 10.1. The average molecular weight is 219 g/mol. The number of Topliss-reactive ketones (excluding diaryl/α,β-unsaturated/α-hetero) is 1. The molecule has 16 heavy (non-hydrogen) atoms. The van der Waals surface area contributed by atoms with Gasteiger partial charge < -0.3 is 9.73 Å². The summed E-state index contributed by atoms with van der Waals surface area (Å²) in [6.07, 6.45) is 9.28. The Balaban J connectivity index is 1.71. The maximum atomic E-state index is 12.1. The average Bonchev–Trinajstić information content (AvgIpc) is 2.97. The molecule has 0 radical (unpaired) electrons. The van der Waals surface area contributed by atoms with Crippen molar-refractivity contribution in [1.82, 2.24) is 5.32 Å². The number of fused-ring (bicyclic) bond motifs is 1. The zero-order valence-electron chi connectivity index (χ0n) is 9.32. The van der Waals surface area contributed by atoms with Crippen molar-refractivity contribution in [2.45, 2.75) is 44.2 Å². The number of rotatable bonds is 2. The van der Waals surface area contributed by atoms with Gasteiger partial charge in [-0.3, -0.25) is 4.79 Å². The van der Waals surface area contributed by atoms with Gasteiger partial charge in [0, 0.05) is 6.04 Å². The molecule has 1 aliphatic heterocycles. The van der Waals surface area contributed by atoms with Gasteiger partial charge in [0.2, 0.25) is 0 Å². The van der Waals surface area contributed by atoms with Crippen LogP contribution in [-0.2, 0) is 0 Å². The monoisotopic (exact) mass is 219 g/mol. The maximum absolute atomic E-state index is 12.1. The van der Waals surface area contributed by atoms with Crippen molar-refractivity contribution in [3.63, 3.8) is 0 Å². The number of ketones is 1. The van der Waals surface area contributed by atoms with Crippen molar-refractivity contribution in [3.05, 3.63) is 24.2 Å². The molecule has 1 aromatic rings. The summed E-state index contributed by atoms with van der Waals surface area (Å²) >= 11 is 0. The van der Waals surface area contributed by atoms with Gasteiger partial charge in [0.25, 0.3) is 0 Å². The first-order valence-electron chi connectivity index (χ1n) is 6.17. The van der Waals surface area contributed by atoms with Crippen LogP contribution in [-0.4, -0.2) is 17.9 Å². The van der Waals surface area contributed by atoms with Crippen molar-refractivity contribution in [2.24, 2.45) is 5.92 Å². The minimum absolute atomic E-state index is 0.0192. The highest BCUT2D eigenvalue weighted by molar-refractivity contribution is 6.00. The molecule has 1 aliphatic carbocycles. The van der Waals surface area contributed by atoms with Gasteiger partial charge in [0.15, 0.2) is 5.78 Å². The lowest BCUT2D eigenvalue weighted by Crippen LogP contribution is -2.37. The van der Waals surface area contributed by atoms with Gasteiger partial charge in [0.05, 0.1) is 17.9 Å². The predicted octanol–water partition coefficient (Wildman–Crippen LogP) is 2.38. The fourth-order valence-electron chi connectivity index (χ4n) is 3.13. The molecule has 1 N–H and O–H groups in total. The summed E-state index contributed by atoms with van der Waals surface area (Å²) in [5, 5.41) is 3.49. The summed E-state index contributed by atoms with van der Waals surface area (Å²) < 4.78 is 4.97. The third-order valence-corrected chi connectivity index (χ3v) is 3.98. The summed E-state index contributed by atoms with van der Waals surface area (Å²) in [6, 6.07) is 2.35. The fraction of sp³-hybridized carbons (Fsp3) is 0.615. The lowest BCUT2D eigenvalue weighted by molar-refractivity contribution is 0.0948. The van der Waals surface area contributed by atoms with Crippen LogP contribution in [0.2, 0.25) is 0 Å². The molecule has 0 bridgehead atoms. The molecule has 3 nitrogen and oxygen atoms in total. The molecule has 0 aromatic carbocycles. The van der Waals surface area contributed by atoms with E-state index in [-0.39, 0.29) is 11.8 Å². The molecule has 1 aromatic heterocycles. The summed E-state index contributed by atoms with van der Waals surface area (Å²) in [5.41, 5.74) is 0.705. The second kappa shape index (κ2) is 4.06. The number of hydrogen-bond acceptors (Lipinski definition) is 3. The second-order valence-corrected chi connectivity index (χ2v) is 4.98. The topological polar surface area (TPSA) is 42.2 Å². The Morgan fingerprint density at radius 2 is 2.25 bits per heavy atom. The van der Waals surface area contributed by atoms with Crippen molar-refractivity contribution in [2.75, 3.05) is 0 Å². The van der Waals surface area contributed by atoms with Gasteiger partial charge in [0.1, 0.15) is 6.26 Å². The first-order chi connectivity index (χ1) is 7.84. The van der Waals surface area contributed by atoms with E-state index in [4.69, 9.17) is 4.42 Å². The largest absolute Gasteiger partial charge is 0.472 e. The Kier molecular flexibility index (Phi) is 2.56. The smallest absolute Gasteiger partial charge is 0.182 e.